The van der Waals surface area contributed by atoms with Crippen LogP contribution in [0.25, 0.3) is 0 Å². The topological polar surface area (TPSA) is 86.7 Å². The van der Waals surface area contributed by atoms with Gasteiger partial charge in [0.1, 0.15) is 17.1 Å². The summed E-state index contributed by atoms with van der Waals surface area (Å²) in [6, 6.07) is 44.9. The second-order valence-corrected chi connectivity index (χ2v) is 16.9. The van der Waals surface area contributed by atoms with Crippen LogP contribution in [0.15, 0.2) is 158 Å². The first-order chi connectivity index (χ1) is 24.2. The Morgan fingerprint density at radius 2 is 0.700 bits per heavy atom. The lowest BCUT2D eigenvalue weighted by molar-refractivity contribution is 0.106. The third kappa shape index (κ3) is 7.26. The van der Waals surface area contributed by atoms with Gasteiger partial charge in [-0.1, -0.05) is 157 Å². The number of hydrogen-bond donors (Lipinski definition) is 0. The molecule has 50 heavy (non-hydrogen) atoms. The van der Waals surface area contributed by atoms with Gasteiger partial charge in [0.15, 0.2) is 0 Å². The van der Waals surface area contributed by atoms with Gasteiger partial charge in [-0.15, -0.1) is 0 Å². The van der Waals surface area contributed by atoms with Crippen molar-refractivity contribution in [2.75, 3.05) is 14.2 Å². The number of halogens is 2. The molecule has 0 N–H and O–H groups in total. The first-order valence-electron chi connectivity index (χ1n) is 15.3. The Kier molecular flexibility index (Phi) is 12.0. The highest BCUT2D eigenvalue weighted by atomic mass is 35.5. The maximum Gasteiger partial charge on any atom is 0.237 e. The predicted octanol–water partition coefficient (Wildman–Crippen LogP) is 9.01. The van der Waals surface area contributed by atoms with Crippen LogP contribution in [0.3, 0.4) is 0 Å². The largest absolute Gasteiger partial charge is 0.496 e. The van der Waals surface area contributed by atoms with Crippen LogP contribution in [0.2, 0.25) is 10.0 Å². The number of carbonyl (C=O) groups excluding carboxylic acids is 2. The Morgan fingerprint density at radius 3 is 1.00 bits per heavy atom. The Labute approximate surface area is 301 Å². The van der Waals surface area contributed by atoms with E-state index in [1.165, 1.54) is 14.2 Å². The van der Waals surface area contributed by atoms with Crippen molar-refractivity contribution in [3.8, 4) is 11.5 Å². The van der Waals surface area contributed by atoms with Crippen molar-refractivity contribution < 1.29 is 28.2 Å². The Morgan fingerprint density at radius 1 is 0.420 bits per heavy atom. The molecule has 0 atom stereocenters. The maximum atomic E-state index is 14.2. The van der Waals surface area contributed by atoms with E-state index in [4.69, 9.17) is 32.7 Å². The molecule has 0 spiro atoms. The molecule has 0 aromatic heterocycles. The molecular formula is C40H32Cl2O6P2. The molecule has 0 unspecified atom stereocenters. The molecule has 0 aliphatic rings. The Balaban J connectivity index is 0.000000195. The van der Waals surface area contributed by atoms with Crippen molar-refractivity contribution >= 4 is 69.8 Å². The molecule has 0 radical (unpaired) electrons. The summed E-state index contributed by atoms with van der Waals surface area (Å²) in [5.41, 5.74) is -0.787. The highest BCUT2D eigenvalue weighted by Gasteiger charge is 2.40. The molecule has 0 saturated heterocycles. The molecule has 252 valence electrons. The van der Waals surface area contributed by atoms with Gasteiger partial charge < -0.3 is 18.6 Å². The van der Waals surface area contributed by atoms with Gasteiger partial charge in [0, 0.05) is 21.2 Å². The third-order valence-electron chi connectivity index (χ3n) is 7.87. The van der Waals surface area contributed by atoms with Crippen LogP contribution in [0.5, 0.6) is 11.5 Å². The molecule has 0 saturated carbocycles. The molecular weight excluding hydrogens is 709 g/mol. The molecule has 6 rings (SSSR count). The average molecular weight is 742 g/mol. The van der Waals surface area contributed by atoms with Gasteiger partial charge in [0.05, 0.1) is 29.8 Å². The van der Waals surface area contributed by atoms with E-state index in [1.807, 2.05) is 24.3 Å². The summed E-state index contributed by atoms with van der Waals surface area (Å²) < 4.78 is 38.9. The molecule has 0 aliphatic carbocycles. The van der Waals surface area contributed by atoms with Gasteiger partial charge in [-0.05, 0) is 24.3 Å². The average Bonchev–Trinajstić information content (AvgIpc) is 3.18. The molecule has 0 heterocycles. The second kappa shape index (κ2) is 16.3. The van der Waals surface area contributed by atoms with E-state index in [-0.39, 0.29) is 21.2 Å². The number of ether oxygens (including phenoxy) is 2. The number of hydrogen-bond acceptors (Lipinski definition) is 6. The lowest BCUT2D eigenvalue weighted by atomic mass is 10.2. The molecule has 0 fully saturated rings. The quantitative estimate of drug-likeness (QED) is 0.130. The summed E-state index contributed by atoms with van der Waals surface area (Å²) in [6.45, 7) is 0. The molecule has 6 nitrogen and oxygen atoms in total. The fraction of sp³-hybridized carbons (Fsp3) is 0.0500. The van der Waals surface area contributed by atoms with Crippen molar-refractivity contribution in [2.24, 2.45) is 0 Å². The first-order valence-corrected chi connectivity index (χ1v) is 19.5. The molecule has 6 aromatic rings. The van der Waals surface area contributed by atoms with Gasteiger partial charge >= 0.3 is 0 Å². The van der Waals surface area contributed by atoms with Crippen LogP contribution in [0, 0.1) is 0 Å². The van der Waals surface area contributed by atoms with Crippen molar-refractivity contribution in [2.45, 2.75) is 0 Å². The van der Waals surface area contributed by atoms with E-state index in [9.17, 15) is 18.7 Å². The zero-order valence-electron chi connectivity index (χ0n) is 27.1. The van der Waals surface area contributed by atoms with Crippen LogP contribution < -0.4 is 30.7 Å². The van der Waals surface area contributed by atoms with Gasteiger partial charge in [-0.2, -0.15) is 0 Å². The standard InChI is InChI=1S/C21H19O4P.C19H13Cl2O2P/c1-24-18-14-9-15-19(25-2)20(18)21(22)26(23,16-10-5-3-6-11-16)17-12-7-4-8-13-17;20-16-12-7-13-17(21)18(16)19(22)24(23,14-8-3-1-4-9-14)15-10-5-2-6-11-15/h3-15H,1-2H3;1-13H. The molecule has 10 heteroatoms. The van der Waals surface area contributed by atoms with Crippen molar-refractivity contribution in [1.82, 2.24) is 0 Å². The normalized spacial score (nSPS) is 11.1. The summed E-state index contributed by atoms with van der Waals surface area (Å²) >= 11 is 12.4. The molecule has 0 amide bonds. The zero-order chi connectivity index (χ0) is 35.7. The Hall–Kier alpha value is -4.70. The van der Waals surface area contributed by atoms with Crippen LogP contribution in [0.1, 0.15) is 20.7 Å². The second-order valence-electron chi connectivity index (χ2n) is 10.8. The fourth-order valence-electron chi connectivity index (χ4n) is 5.40. The summed E-state index contributed by atoms with van der Waals surface area (Å²) in [5, 5.41) is 2.25. The van der Waals surface area contributed by atoms with E-state index in [2.05, 4.69) is 0 Å². The number of rotatable bonds is 10. The maximum absolute atomic E-state index is 14.2. The lowest BCUT2D eigenvalue weighted by Crippen LogP contribution is -2.23. The van der Waals surface area contributed by atoms with Crippen LogP contribution >= 0.6 is 37.5 Å². The smallest absolute Gasteiger partial charge is 0.237 e. The lowest BCUT2D eigenvalue weighted by Gasteiger charge is -2.20. The number of methoxy groups -OCH3 is 2. The third-order valence-corrected chi connectivity index (χ3v) is 14.2. The number of benzene rings is 6. The highest BCUT2D eigenvalue weighted by molar-refractivity contribution is 7.94. The van der Waals surface area contributed by atoms with Gasteiger partial charge in [-0.25, -0.2) is 0 Å². The summed E-state index contributed by atoms with van der Waals surface area (Å²) in [7, 11) is -4.27. The summed E-state index contributed by atoms with van der Waals surface area (Å²) in [5.74, 6) is 0.669. The van der Waals surface area contributed by atoms with Gasteiger partial charge in [0.25, 0.3) is 0 Å². The van der Waals surface area contributed by atoms with Crippen molar-refractivity contribution in [3.05, 3.63) is 179 Å². The van der Waals surface area contributed by atoms with E-state index in [1.54, 1.807) is 133 Å². The molecule has 6 aromatic carbocycles. The number of carbonyl (C=O) groups is 2. The van der Waals surface area contributed by atoms with Crippen LogP contribution in [0.4, 0.5) is 0 Å². The van der Waals surface area contributed by atoms with E-state index in [0.717, 1.165) is 0 Å². The minimum atomic E-state index is -3.62. The Bertz CT molecular complexity index is 2070. The highest BCUT2D eigenvalue weighted by Crippen LogP contribution is 2.51. The minimum absolute atomic E-state index is 0.0943. The first kappa shape index (κ1) is 36.6. The summed E-state index contributed by atoms with van der Waals surface area (Å²) in [6.07, 6.45) is 0. The van der Waals surface area contributed by atoms with Crippen LogP contribution in [-0.2, 0) is 9.13 Å². The van der Waals surface area contributed by atoms with E-state index >= 15 is 0 Å². The minimum Gasteiger partial charge on any atom is -0.496 e. The molecule has 0 aliphatic heterocycles. The molecule has 0 bridgehead atoms. The van der Waals surface area contributed by atoms with Crippen LogP contribution in [-0.4, -0.2) is 25.3 Å². The van der Waals surface area contributed by atoms with Crippen molar-refractivity contribution in [3.63, 3.8) is 0 Å². The van der Waals surface area contributed by atoms with Gasteiger partial charge in [0.2, 0.25) is 25.3 Å². The fourth-order valence-corrected chi connectivity index (χ4v) is 11.1. The van der Waals surface area contributed by atoms with E-state index in [0.29, 0.717) is 32.7 Å². The van der Waals surface area contributed by atoms with Gasteiger partial charge in [-0.3, -0.25) is 9.59 Å². The monoisotopic (exact) mass is 740 g/mol. The zero-order valence-corrected chi connectivity index (χ0v) is 30.4. The SMILES string of the molecule is COc1cccc(OC)c1C(=O)P(=O)(c1ccccc1)c1ccccc1.O=C(c1c(Cl)cccc1Cl)P(=O)(c1ccccc1)c1ccccc1. The van der Waals surface area contributed by atoms with E-state index < -0.39 is 25.3 Å². The predicted molar refractivity (Wildman–Crippen MR) is 204 cm³/mol. The van der Waals surface area contributed by atoms with Crippen molar-refractivity contribution in [1.29, 1.82) is 0 Å². The summed E-state index contributed by atoms with van der Waals surface area (Å²) in [4.78, 5) is 26.9.